The Morgan fingerprint density at radius 3 is 2.31 bits per heavy atom. The van der Waals surface area contributed by atoms with E-state index in [2.05, 4.69) is 42.3 Å². The first-order valence-corrected chi connectivity index (χ1v) is 12.8. The van der Waals surface area contributed by atoms with Crippen molar-refractivity contribution < 1.29 is 4.79 Å². The van der Waals surface area contributed by atoms with Gasteiger partial charge in [-0.25, -0.2) is 4.79 Å². The lowest BCUT2D eigenvalue weighted by Crippen LogP contribution is -2.45. The van der Waals surface area contributed by atoms with Crippen molar-refractivity contribution >= 4 is 11.7 Å². The van der Waals surface area contributed by atoms with E-state index < -0.39 is 0 Å². The summed E-state index contributed by atoms with van der Waals surface area (Å²) in [5, 5.41) is 3.21. The van der Waals surface area contributed by atoms with Crippen molar-refractivity contribution in [1.82, 2.24) is 19.4 Å². The number of carbonyl (C=O) groups is 1. The van der Waals surface area contributed by atoms with Gasteiger partial charge in [-0.2, -0.15) is 0 Å². The second-order valence-corrected chi connectivity index (χ2v) is 10.4. The van der Waals surface area contributed by atoms with Crippen LogP contribution >= 0.6 is 0 Å². The second kappa shape index (κ2) is 10.8. The van der Waals surface area contributed by atoms with Crippen molar-refractivity contribution in [2.24, 2.45) is 25.9 Å². The van der Waals surface area contributed by atoms with Gasteiger partial charge in [0, 0.05) is 52.3 Å². The van der Waals surface area contributed by atoms with Crippen molar-refractivity contribution in [1.29, 1.82) is 0 Å². The molecule has 8 nitrogen and oxygen atoms in total. The van der Waals surface area contributed by atoms with Crippen molar-refractivity contribution in [3.05, 3.63) is 61.8 Å². The van der Waals surface area contributed by atoms with Gasteiger partial charge in [-0.1, -0.05) is 23.8 Å². The third-order valence-electron chi connectivity index (χ3n) is 7.86. The number of benzene rings is 1. The first kappa shape index (κ1) is 25.2. The molecule has 3 heterocycles. The average molecular weight is 482 g/mol. The Kier molecular flexibility index (Phi) is 7.79. The van der Waals surface area contributed by atoms with Gasteiger partial charge in [0.05, 0.1) is 0 Å². The van der Waals surface area contributed by atoms with E-state index in [1.165, 1.54) is 34.4 Å². The number of rotatable bonds is 6. The predicted molar refractivity (Wildman–Crippen MR) is 139 cm³/mol. The fourth-order valence-electron chi connectivity index (χ4n) is 5.34. The lowest BCUT2D eigenvalue weighted by molar-refractivity contribution is -0.125. The maximum atomic E-state index is 12.8. The molecule has 2 aromatic rings. The summed E-state index contributed by atoms with van der Waals surface area (Å²) in [5.74, 6) is 1.29. The SMILES string of the molecule is Cc1ccc(C)c(CN2CCC(CNC(=O)C3CCN(c4cc(=O)n(C)c(=O)n4C)CC3)CC2)c1. The molecule has 4 rings (SSSR count). The van der Waals surface area contributed by atoms with Gasteiger partial charge in [0.2, 0.25) is 5.91 Å². The quantitative estimate of drug-likeness (QED) is 0.682. The monoisotopic (exact) mass is 481 g/mol. The normalized spacial score (nSPS) is 18.1. The second-order valence-electron chi connectivity index (χ2n) is 10.4. The number of nitrogens with zero attached hydrogens (tertiary/aromatic N) is 4. The first-order chi connectivity index (χ1) is 16.7. The standard InChI is InChI=1S/C27H39N5O3/c1-19-5-6-20(2)23(15-19)18-31-11-7-21(8-12-31)17-28-26(34)22-9-13-32(14-10-22)24-16-25(33)30(4)27(35)29(24)3/h5-6,15-16,21-22H,7-14,17-18H2,1-4H3,(H,28,34). The van der Waals surface area contributed by atoms with Crippen LogP contribution in [0.5, 0.6) is 0 Å². The summed E-state index contributed by atoms with van der Waals surface area (Å²) in [5.41, 5.74) is 3.45. The largest absolute Gasteiger partial charge is 0.358 e. The number of carbonyl (C=O) groups excluding carboxylic acids is 1. The molecule has 35 heavy (non-hydrogen) atoms. The molecule has 1 aromatic heterocycles. The lowest BCUT2D eigenvalue weighted by Gasteiger charge is -2.35. The Labute approximate surface area is 207 Å². The van der Waals surface area contributed by atoms with Crippen LogP contribution in [0, 0.1) is 25.7 Å². The minimum Gasteiger partial charge on any atom is -0.358 e. The minimum absolute atomic E-state index is 0.0146. The smallest absolute Gasteiger partial charge is 0.332 e. The zero-order valence-corrected chi connectivity index (χ0v) is 21.5. The molecule has 190 valence electrons. The summed E-state index contributed by atoms with van der Waals surface area (Å²) < 4.78 is 2.62. The van der Waals surface area contributed by atoms with Gasteiger partial charge < -0.3 is 10.2 Å². The Bertz CT molecular complexity index is 1170. The van der Waals surface area contributed by atoms with Crippen LogP contribution in [-0.2, 0) is 25.4 Å². The lowest BCUT2D eigenvalue weighted by atomic mass is 9.93. The Morgan fingerprint density at radius 1 is 0.943 bits per heavy atom. The van der Waals surface area contributed by atoms with Crippen LogP contribution in [0.25, 0.3) is 0 Å². The number of aromatic nitrogens is 2. The molecule has 2 aliphatic heterocycles. The zero-order valence-electron chi connectivity index (χ0n) is 21.5. The van der Waals surface area contributed by atoms with Gasteiger partial charge in [0.15, 0.2) is 0 Å². The Hall–Kier alpha value is -2.87. The number of nitrogens with one attached hydrogen (secondary N) is 1. The predicted octanol–water partition coefficient (Wildman–Crippen LogP) is 1.95. The van der Waals surface area contributed by atoms with E-state index in [0.29, 0.717) is 24.8 Å². The van der Waals surface area contributed by atoms with Crippen LogP contribution in [-0.4, -0.2) is 52.7 Å². The number of likely N-dealkylation sites (tertiary alicyclic amines) is 1. The van der Waals surface area contributed by atoms with Crippen molar-refractivity contribution in [3.8, 4) is 0 Å². The van der Waals surface area contributed by atoms with Gasteiger partial charge in [-0.3, -0.25) is 23.6 Å². The number of piperidine rings is 2. The number of hydrogen-bond donors (Lipinski definition) is 1. The molecular formula is C27H39N5O3. The molecule has 2 saturated heterocycles. The van der Waals surface area contributed by atoms with E-state index in [9.17, 15) is 14.4 Å². The Balaban J connectivity index is 1.21. The summed E-state index contributed by atoms with van der Waals surface area (Å²) in [7, 11) is 3.17. The van der Waals surface area contributed by atoms with Crippen molar-refractivity contribution in [2.45, 2.75) is 46.1 Å². The van der Waals surface area contributed by atoms with Gasteiger partial charge in [-0.15, -0.1) is 0 Å². The van der Waals surface area contributed by atoms with Gasteiger partial charge in [0.1, 0.15) is 5.82 Å². The fourth-order valence-corrected chi connectivity index (χ4v) is 5.34. The van der Waals surface area contributed by atoms with Gasteiger partial charge >= 0.3 is 5.69 Å². The number of hydrogen-bond acceptors (Lipinski definition) is 5. The molecule has 0 saturated carbocycles. The van der Waals surface area contributed by atoms with E-state index in [-0.39, 0.29) is 23.1 Å². The number of aryl methyl sites for hydroxylation is 2. The third kappa shape index (κ3) is 5.86. The molecular weight excluding hydrogens is 442 g/mol. The van der Waals surface area contributed by atoms with Gasteiger partial charge in [0.25, 0.3) is 5.56 Å². The van der Waals surface area contributed by atoms with Crippen LogP contribution < -0.4 is 21.5 Å². The average Bonchev–Trinajstić information content (AvgIpc) is 2.86. The van der Waals surface area contributed by atoms with Crippen LogP contribution in [0.1, 0.15) is 42.4 Å². The topological polar surface area (TPSA) is 79.6 Å². The van der Waals surface area contributed by atoms with E-state index in [1.807, 2.05) is 4.90 Å². The van der Waals surface area contributed by atoms with E-state index in [0.717, 1.165) is 56.4 Å². The van der Waals surface area contributed by atoms with E-state index in [4.69, 9.17) is 0 Å². The molecule has 8 heteroatoms. The molecule has 1 amide bonds. The summed E-state index contributed by atoms with van der Waals surface area (Å²) in [6.07, 6.45) is 3.67. The maximum Gasteiger partial charge on any atom is 0.332 e. The molecule has 2 aliphatic rings. The fraction of sp³-hybridized carbons (Fsp3) is 0.593. The highest BCUT2D eigenvalue weighted by Gasteiger charge is 2.27. The maximum absolute atomic E-state index is 12.8. The zero-order chi connectivity index (χ0) is 25.1. The first-order valence-electron chi connectivity index (χ1n) is 12.8. The number of anilines is 1. The summed E-state index contributed by atoms with van der Waals surface area (Å²) in [6, 6.07) is 8.18. The minimum atomic E-state index is -0.326. The summed E-state index contributed by atoms with van der Waals surface area (Å²) in [6.45, 7) is 9.55. The highest BCUT2D eigenvalue weighted by Crippen LogP contribution is 2.23. The van der Waals surface area contributed by atoms with Crippen molar-refractivity contribution in [3.63, 3.8) is 0 Å². The van der Waals surface area contributed by atoms with E-state index in [1.54, 1.807) is 7.05 Å². The van der Waals surface area contributed by atoms with Gasteiger partial charge in [-0.05, 0) is 69.7 Å². The van der Waals surface area contributed by atoms with Crippen LogP contribution in [0.15, 0.2) is 33.9 Å². The molecule has 0 unspecified atom stereocenters. The van der Waals surface area contributed by atoms with Crippen LogP contribution in [0.2, 0.25) is 0 Å². The molecule has 0 radical (unpaired) electrons. The molecule has 0 spiro atoms. The highest BCUT2D eigenvalue weighted by molar-refractivity contribution is 5.79. The summed E-state index contributed by atoms with van der Waals surface area (Å²) in [4.78, 5) is 41.7. The Morgan fingerprint density at radius 2 is 1.63 bits per heavy atom. The van der Waals surface area contributed by atoms with Crippen molar-refractivity contribution in [2.75, 3.05) is 37.6 Å². The third-order valence-corrected chi connectivity index (χ3v) is 7.86. The molecule has 0 atom stereocenters. The molecule has 2 fully saturated rings. The molecule has 0 aliphatic carbocycles. The highest BCUT2D eigenvalue weighted by atomic mass is 16.2. The van der Waals surface area contributed by atoms with Crippen LogP contribution in [0.3, 0.4) is 0 Å². The molecule has 1 N–H and O–H groups in total. The molecule has 0 bridgehead atoms. The number of amides is 1. The molecule has 1 aromatic carbocycles. The van der Waals surface area contributed by atoms with E-state index >= 15 is 0 Å². The summed E-state index contributed by atoms with van der Waals surface area (Å²) >= 11 is 0. The van der Waals surface area contributed by atoms with Crippen LogP contribution in [0.4, 0.5) is 5.82 Å².